The van der Waals surface area contributed by atoms with Crippen molar-refractivity contribution in [2.24, 2.45) is 5.41 Å². The van der Waals surface area contributed by atoms with Crippen molar-refractivity contribution in [3.63, 3.8) is 0 Å². The number of ether oxygens (including phenoxy) is 1. The number of nitrogen functional groups attached to an aromatic ring is 1. The van der Waals surface area contributed by atoms with Crippen LogP contribution in [0.25, 0.3) is 0 Å². The molecule has 0 bridgehead atoms. The van der Waals surface area contributed by atoms with Gasteiger partial charge in [0, 0.05) is 18.6 Å². The fraction of sp³-hybridized carbons (Fsp3) is 0.571. The lowest BCUT2D eigenvalue weighted by atomic mass is 9.65. The smallest absolute Gasteiger partial charge is 0.243 e. The van der Waals surface area contributed by atoms with Gasteiger partial charge in [0.25, 0.3) is 0 Å². The molecule has 2 rings (SSSR count). The molecule has 1 aliphatic carbocycles. The standard InChI is InChI=1S/C14H22N2O3S/c1-9-6-5-7-10(15)13(9)20(17,18)16-11-8-12(19-4)14(11,2)3/h5-7,11-12,16H,8,15H2,1-4H3. The molecule has 5 nitrogen and oxygen atoms in total. The van der Waals surface area contributed by atoms with Crippen molar-refractivity contribution in [3.8, 4) is 0 Å². The molecular weight excluding hydrogens is 276 g/mol. The van der Waals surface area contributed by atoms with E-state index in [1.807, 2.05) is 13.8 Å². The van der Waals surface area contributed by atoms with Crippen molar-refractivity contribution in [1.29, 1.82) is 0 Å². The number of hydrogen-bond donors (Lipinski definition) is 2. The summed E-state index contributed by atoms with van der Waals surface area (Å²) in [5, 5.41) is 0. The molecule has 0 saturated heterocycles. The highest BCUT2D eigenvalue weighted by Crippen LogP contribution is 2.43. The summed E-state index contributed by atoms with van der Waals surface area (Å²) in [6, 6.07) is 4.95. The molecule has 1 aliphatic rings. The van der Waals surface area contributed by atoms with Gasteiger partial charge in [-0.2, -0.15) is 0 Å². The first-order valence-corrected chi connectivity index (χ1v) is 8.08. The highest BCUT2D eigenvalue weighted by Gasteiger charge is 2.50. The van der Waals surface area contributed by atoms with Crippen LogP contribution in [0.2, 0.25) is 0 Å². The number of rotatable bonds is 4. The average molecular weight is 298 g/mol. The van der Waals surface area contributed by atoms with Crippen LogP contribution in [0.15, 0.2) is 23.1 Å². The average Bonchev–Trinajstić information content (AvgIpc) is 2.33. The van der Waals surface area contributed by atoms with Gasteiger partial charge < -0.3 is 10.5 Å². The summed E-state index contributed by atoms with van der Waals surface area (Å²) in [4.78, 5) is 0.177. The lowest BCUT2D eigenvalue weighted by molar-refractivity contribution is -0.0908. The molecular formula is C14H22N2O3S. The minimum atomic E-state index is -3.61. The molecule has 0 spiro atoms. The van der Waals surface area contributed by atoms with Crippen molar-refractivity contribution >= 4 is 15.7 Å². The van der Waals surface area contributed by atoms with E-state index in [-0.39, 0.29) is 28.1 Å². The van der Waals surface area contributed by atoms with Crippen LogP contribution in [-0.2, 0) is 14.8 Å². The second-order valence-electron chi connectivity index (χ2n) is 5.95. The van der Waals surface area contributed by atoms with Crippen LogP contribution in [-0.4, -0.2) is 27.7 Å². The normalized spacial score (nSPS) is 25.2. The summed E-state index contributed by atoms with van der Waals surface area (Å²) >= 11 is 0. The molecule has 3 N–H and O–H groups in total. The Morgan fingerprint density at radius 3 is 2.55 bits per heavy atom. The van der Waals surface area contributed by atoms with Crippen molar-refractivity contribution in [1.82, 2.24) is 4.72 Å². The van der Waals surface area contributed by atoms with Gasteiger partial charge in [-0.05, 0) is 25.0 Å². The van der Waals surface area contributed by atoms with E-state index < -0.39 is 10.0 Å². The van der Waals surface area contributed by atoms with Crippen LogP contribution in [0.4, 0.5) is 5.69 Å². The van der Waals surface area contributed by atoms with Crippen LogP contribution >= 0.6 is 0 Å². The molecule has 1 saturated carbocycles. The number of methoxy groups -OCH3 is 1. The Balaban J connectivity index is 2.26. The van der Waals surface area contributed by atoms with Crippen LogP contribution < -0.4 is 10.5 Å². The van der Waals surface area contributed by atoms with Gasteiger partial charge in [0.1, 0.15) is 4.90 Å². The van der Waals surface area contributed by atoms with E-state index in [1.165, 1.54) is 0 Å². The van der Waals surface area contributed by atoms with Gasteiger partial charge in [-0.25, -0.2) is 13.1 Å². The van der Waals surface area contributed by atoms with E-state index in [0.29, 0.717) is 12.0 Å². The third-order valence-electron chi connectivity index (χ3n) is 4.27. The van der Waals surface area contributed by atoms with Crippen molar-refractivity contribution < 1.29 is 13.2 Å². The van der Waals surface area contributed by atoms with E-state index in [2.05, 4.69) is 4.72 Å². The highest BCUT2D eigenvalue weighted by molar-refractivity contribution is 7.89. The van der Waals surface area contributed by atoms with Gasteiger partial charge in [0.05, 0.1) is 11.8 Å². The molecule has 1 aromatic carbocycles. The molecule has 1 aromatic rings. The Labute approximate surface area is 120 Å². The van der Waals surface area contributed by atoms with Crippen LogP contribution in [0.1, 0.15) is 25.8 Å². The Morgan fingerprint density at radius 2 is 2.05 bits per heavy atom. The Bertz CT molecular complexity index is 591. The second kappa shape index (κ2) is 5.02. The Hall–Kier alpha value is -1.11. The summed E-state index contributed by atoms with van der Waals surface area (Å²) < 4.78 is 33.2. The van der Waals surface area contributed by atoms with Crippen LogP contribution in [0, 0.1) is 12.3 Å². The third-order valence-corrected chi connectivity index (χ3v) is 5.96. The van der Waals surface area contributed by atoms with Gasteiger partial charge in [-0.1, -0.05) is 26.0 Å². The number of nitrogens with one attached hydrogen (secondary N) is 1. The summed E-state index contributed by atoms with van der Waals surface area (Å²) in [5.74, 6) is 0. The molecule has 0 aromatic heterocycles. The zero-order valence-corrected chi connectivity index (χ0v) is 13.1. The zero-order valence-electron chi connectivity index (χ0n) is 12.3. The van der Waals surface area contributed by atoms with E-state index in [1.54, 1.807) is 32.2 Å². The van der Waals surface area contributed by atoms with Gasteiger partial charge in [-0.15, -0.1) is 0 Å². The largest absolute Gasteiger partial charge is 0.398 e. The topological polar surface area (TPSA) is 81.4 Å². The molecule has 0 amide bonds. The van der Waals surface area contributed by atoms with Gasteiger partial charge in [0.15, 0.2) is 0 Å². The highest BCUT2D eigenvalue weighted by atomic mass is 32.2. The van der Waals surface area contributed by atoms with E-state index in [0.717, 1.165) is 0 Å². The van der Waals surface area contributed by atoms with Crippen molar-refractivity contribution in [3.05, 3.63) is 23.8 Å². The quantitative estimate of drug-likeness (QED) is 0.829. The first-order chi connectivity index (χ1) is 9.20. The molecule has 20 heavy (non-hydrogen) atoms. The SMILES string of the molecule is COC1CC(NS(=O)(=O)c2c(C)cccc2N)C1(C)C. The van der Waals surface area contributed by atoms with E-state index >= 15 is 0 Å². The van der Waals surface area contributed by atoms with Gasteiger partial charge in [0.2, 0.25) is 10.0 Å². The second-order valence-corrected chi connectivity index (χ2v) is 7.60. The third kappa shape index (κ3) is 2.43. The first-order valence-electron chi connectivity index (χ1n) is 6.60. The summed E-state index contributed by atoms with van der Waals surface area (Å²) in [5.41, 5.74) is 6.52. The Morgan fingerprint density at radius 1 is 1.40 bits per heavy atom. The maximum Gasteiger partial charge on any atom is 0.243 e. The molecule has 0 heterocycles. The zero-order chi connectivity index (χ0) is 15.1. The maximum absolute atomic E-state index is 12.5. The number of sulfonamides is 1. The predicted molar refractivity (Wildman–Crippen MR) is 78.9 cm³/mol. The van der Waals surface area contributed by atoms with E-state index in [4.69, 9.17) is 10.5 Å². The first kappa shape index (κ1) is 15.3. The fourth-order valence-electron chi connectivity index (χ4n) is 2.77. The monoisotopic (exact) mass is 298 g/mol. The molecule has 2 atom stereocenters. The number of nitrogens with two attached hydrogens (primary N) is 1. The van der Waals surface area contributed by atoms with Crippen molar-refractivity contribution in [2.75, 3.05) is 12.8 Å². The van der Waals surface area contributed by atoms with E-state index in [9.17, 15) is 8.42 Å². The number of anilines is 1. The Kier molecular flexibility index (Phi) is 3.83. The molecule has 1 fully saturated rings. The molecule has 2 unspecified atom stereocenters. The number of aryl methyl sites for hydroxylation is 1. The van der Waals surface area contributed by atoms with Crippen LogP contribution in [0.5, 0.6) is 0 Å². The summed E-state index contributed by atoms with van der Waals surface area (Å²) in [6.07, 6.45) is 0.749. The molecule has 6 heteroatoms. The number of hydrogen-bond acceptors (Lipinski definition) is 4. The van der Waals surface area contributed by atoms with Gasteiger partial charge >= 0.3 is 0 Å². The molecule has 0 radical (unpaired) electrons. The predicted octanol–water partition coefficient (Wildman–Crippen LogP) is 1.67. The maximum atomic E-state index is 12.5. The summed E-state index contributed by atoms with van der Waals surface area (Å²) in [6.45, 7) is 5.74. The van der Waals surface area contributed by atoms with Gasteiger partial charge in [-0.3, -0.25) is 0 Å². The minimum Gasteiger partial charge on any atom is -0.398 e. The van der Waals surface area contributed by atoms with Crippen molar-refractivity contribution in [2.45, 2.75) is 44.2 Å². The minimum absolute atomic E-state index is 0.0735. The molecule has 0 aliphatic heterocycles. The lowest BCUT2D eigenvalue weighted by Gasteiger charge is -2.51. The lowest BCUT2D eigenvalue weighted by Crippen LogP contribution is -2.61. The fourth-order valence-corrected chi connectivity index (χ4v) is 4.54. The van der Waals surface area contributed by atoms with Crippen LogP contribution in [0.3, 0.4) is 0 Å². The summed E-state index contributed by atoms with van der Waals surface area (Å²) in [7, 11) is -1.97. The molecule has 112 valence electrons. The number of benzene rings is 1.